The van der Waals surface area contributed by atoms with E-state index in [1.54, 1.807) is 18.2 Å². The Bertz CT molecular complexity index is 1020. The van der Waals surface area contributed by atoms with Gasteiger partial charge in [0.2, 0.25) is 0 Å². The summed E-state index contributed by atoms with van der Waals surface area (Å²) >= 11 is 0. The van der Waals surface area contributed by atoms with Crippen LogP contribution in [-0.2, 0) is 9.53 Å². The Morgan fingerprint density at radius 1 is 1.07 bits per heavy atom. The van der Waals surface area contributed by atoms with Crippen LogP contribution in [0.4, 0.5) is 4.79 Å². The molecule has 0 spiro atoms. The van der Waals surface area contributed by atoms with Crippen molar-refractivity contribution in [1.29, 1.82) is 0 Å². The average molecular weight is 391 g/mol. The van der Waals surface area contributed by atoms with E-state index < -0.39 is 23.9 Å². The molecule has 29 heavy (non-hydrogen) atoms. The molecule has 0 saturated carbocycles. The van der Waals surface area contributed by atoms with Gasteiger partial charge in [0.15, 0.2) is 18.1 Å². The lowest BCUT2D eigenvalue weighted by atomic mass is 10.1. The third kappa shape index (κ3) is 4.01. The number of aromatic nitrogens is 1. The number of hydrogen-bond acceptors (Lipinski definition) is 6. The minimum absolute atomic E-state index is 0.0448. The summed E-state index contributed by atoms with van der Waals surface area (Å²) in [5.41, 5.74) is 1.63. The van der Waals surface area contributed by atoms with E-state index in [9.17, 15) is 14.4 Å². The molecule has 2 heterocycles. The minimum atomic E-state index is -0.724. The van der Waals surface area contributed by atoms with Gasteiger partial charge in [-0.1, -0.05) is 65.8 Å². The molecule has 1 fully saturated rings. The van der Waals surface area contributed by atoms with Crippen molar-refractivity contribution >= 4 is 17.9 Å². The summed E-state index contributed by atoms with van der Waals surface area (Å²) in [5, 5.41) is 6.66. The van der Waals surface area contributed by atoms with Crippen molar-refractivity contribution in [3.63, 3.8) is 0 Å². The molecule has 2 aromatic carbocycles. The van der Waals surface area contributed by atoms with Gasteiger partial charge in [0.1, 0.15) is 0 Å². The van der Waals surface area contributed by atoms with Crippen molar-refractivity contribution in [2.45, 2.75) is 6.04 Å². The first-order valence-electron chi connectivity index (χ1n) is 8.97. The Hall–Kier alpha value is -3.94. The van der Waals surface area contributed by atoms with Crippen LogP contribution < -0.4 is 5.32 Å². The van der Waals surface area contributed by atoms with E-state index in [1.807, 2.05) is 48.5 Å². The third-order valence-electron chi connectivity index (χ3n) is 4.51. The zero-order chi connectivity index (χ0) is 20.2. The predicted molar refractivity (Wildman–Crippen MR) is 102 cm³/mol. The number of imide groups is 1. The van der Waals surface area contributed by atoms with Crippen LogP contribution in [0.5, 0.6) is 0 Å². The maximum Gasteiger partial charge on any atom is 0.417 e. The SMILES string of the molecule is O=C(NC(CN1C(=O)COC1=O)c1ccccc1)c1cc(-c2ccccc2)on1. The zero-order valence-electron chi connectivity index (χ0n) is 15.3. The molecule has 3 amide bonds. The van der Waals surface area contributed by atoms with Gasteiger partial charge in [0, 0.05) is 11.6 Å². The van der Waals surface area contributed by atoms with Crippen molar-refractivity contribution in [2.24, 2.45) is 0 Å². The Labute approximate surface area is 166 Å². The molecular formula is C21H17N3O5. The van der Waals surface area contributed by atoms with Crippen molar-refractivity contribution in [3.8, 4) is 11.3 Å². The first kappa shape index (κ1) is 18.4. The number of nitrogens with zero attached hydrogens (tertiary/aromatic N) is 2. The van der Waals surface area contributed by atoms with Crippen LogP contribution in [0.1, 0.15) is 22.1 Å². The number of nitrogens with one attached hydrogen (secondary N) is 1. The molecule has 8 nitrogen and oxygen atoms in total. The Morgan fingerprint density at radius 2 is 1.76 bits per heavy atom. The van der Waals surface area contributed by atoms with Crippen LogP contribution in [-0.4, -0.2) is 41.1 Å². The minimum Gasteiger partial charge on any atom is -0.439 e. The second kappa shape index (κ2) is 7.97. The van der Waals surface area contributed by atoms with Crippen LogP contribution in [0, 0.1) is 0 Å². The van der Waals surface area contributed by atoms with Crippen LogP contribution >= 0.6 is 0 Å². The highest BCUT2D eigenvalue weighted by atomic mass is 16.6. The van der Waals surface area contributed by atoms with Crippen LogP contribution in [0.25, 0.3) is 11.3 Å². The quantitative estimate of drug-likeness (QED) is 0.693. The van der Waals surface area contributed by atoms with E-state index in [-0.39, 0.29) is 18.8 Å². The fourth-order valence-electron chi connectivity index (χ4n) is 3.01. The number of cyclic esters (lactones) is 1. The molecular weight excluding hydrogens is 374 g/mol. The van der Waals surface area contributed by atoms with Gasteiger partial charge < -0.3 is 14.6 Å². The fourth-order valence-corrected chi connectivity index (χ4v) is 3.01. The van der Waals surface area contributed by atoms with Gasteiger partial charge in [-0.25, -0.2) is 9.69 Å². The van der Waals surface area contributed by atoms with Gasteiger partial charge in [-0.05, 0) is 5.56 Å². The number of ether oxygens (including phenoxy) is 1. The van der Waals surface area contributed by atoms with Crippen LogP contribution in [0.15, 0.2) is 71.3 Å². The predicted octanol–water partition coefficient (Wildman–Crippen LogP) is 2.79. The smallest absolute Gasteiger partial charge is 0.417 e. The number of amides is 3. The van der Waals surface area contributed by atoms with E-state index in [4.69, 9.17) is 9.26 Å². The van der Waals surface area contributed by atoms with Crippen molar-refractivity contribution in [3.05, 3.63) is 78.0 Å². The lowest BCUT2D eigenvalue weighted by Gasteiger charge is -2.22. The highest BCUT2D eigenvalue weighted by molar-refractivity contribution is 5.98. The molecule has 146 valence electrons. The summed E-state index contributed by atoms with van der Waals surface area (Å²) in [6.07, 6.45) is -0.724. The largest absolute Gasteiger partial charge is 0.439 e. The number of benzene rings is 2. The fraction of sp³-hybridized carbons (Fsp3) is 0.143. The molecule has 8 heteroatoms. The number of carbonyl (C=O) groups excluding carboxylic acids is 3. The van der Waals surface area contributed by atoms with E-state index >= 15 is 0 Å². The molecule has 1 aromatic heterocycles. The summed E-state index contributed by atoms with van der Waals surface area (Å²) in [7, 11) is 0. The molecule has 1 N–H and O–H groups in total. The van der Waals surface area contributed by atoms with Crippen LogP contribution in [0.2, 0.25) is 0 Å². The maximum absolute atomic E-state index is 12.8. The molecule has 0 aliphatic carbocycles. The van der Waals surface area contributed by atoms with Gasteiger partial charge >= 0.3 is 6.09 Å². The van der Waals surface area contributed by atoms with Crippen LogP contribution in [0.3, 0.4) is 0 Å². The van der Waals surface area contributed by atoms with E-state index in [0.717, 1.165) is 16.0 Å². The first-order valence-corrected chi connectivity index (χ1v) is 8.97. The van der Waals surface area contributed by atoms with Gasteiger partial charge in [-0.2, -0.15) is 0 Å². The highest BCUT2D eigenvalue weighted by Crippen LogP contribution is 2.21. The summed E-state index contributed by atoms with van der Waals surface area (Å²) in [5.74, 6) is -0.465. The van der Waals surface area contributed by atoms with Gasteiger partial charge in [0.05, 0.1) is 12.6 Å². The number of hydrogen-bond donors (Lipinski definition) is 1. The Balaban J connectivity index is 1.54. The summed E-state index contributed by atoms with van der Waals surface area (Å²) < 4.78 is 10.0. The maximum atomic E-state index is 12.8. The molecule has 1 saturated heterocycles. The van der Waals surface area contributed by atoms with Crippen molar-refractivity contribution < 1.29 is 23.6 Å². The standard InChI is InChI=1S/C21H17N3O5/c25-19-13-28-21(27)24(19)12-17(14-7-3-1-4-8-14)22-20(26)16-11-18(29-23-16)15-9-5-2-6-10-15/h1-11,17H,12-13H2,(H,22,26). The molecule has 1 aliphatic heterocycles. The lowest BCUT2D eigenvalue weighted by molar-refractivity contribution is -0.126. The molecule has 0 radical (unpaired) electrons. The lowest BCUT2D eigenvalue weighted by Crippen LogP contribution is -2.40. The molecule has 1 aliphatic rings. The summed E-state index contributed by atoms with van der Waals surface area (Å²) in [6.45, 7) is -0.338. The van der Waals surface area contributed by atoms with Crippen molar-refractivity contribution in [2.75, 3.05) is 13.2 Å². The summed E-state index contributed by atoms with van der Waals surface area (Å²) in [6, 6.07) is 19.2. The topological polar surface area (TPSA) is 102 Å². The van der Waals surface area contributed by atoms with Gasteiger partial charge in [-0.15, -0.1) is 0 Å². The highest BCUT2D eigenvalue weighted by Gasteiger charge is 2.34. The third-order valence-corrected chi connectivity index (χ3v) is 4.51. The van der Waals surface area contributed by atoms with E-state index in [2.05, 4.69) is 10.5 Å². The number of rotatable bonds is 6. The number of carbonyl (C=O) groups is 3. The Morgan fingerprint density at radius 3 is 2.41 bits per heavy atom. The normalized spacial score (nSPS) is 14.6. The molecule has 1 unspecified atom stereocenters. The molecule has 3 aromatic rings. The van der Waals surface area contributed by atoms with Gasteiger partial charge in [-0.3, -0.25) is 9.59 Å². The summed E-state index contributed by atoms with van der Waals surface area (Å²) in [4.78, 5) is 37.5. The monoisotopic (exact) mass is 391 g/mol. The second-order valence-electron chi connectivity index (χ2n) is 6.44. The molecule has 1 atom stereocenters. The molecule has 4 rings (SSSR count). The molecule has 0 bridgehead atoms. The average Bonchev–Trinajstić information content (AvgIpc) is 3.37. The zero-order valence-corrected chi connectivity index (χ0v) is 15.3. The first-order chi connectivity index (χ1) is 14.1. The Kier molecular flexibility index (Phi) is 5.07. The van der Waals surface area contributed by atoms with Gasteiger partial charge in [0.25, 0.3) is 11.8 Å². The second-order valence-corrected chi connectivity index (χ2v) is 6.44. The van der Waals surface area contributed by atoms with E-state index in [0.29, 0.717) is 5.76 Å². The van der Waals surface area contributed by atoms with E-state index in [1.165, 1.54) is 0 Å². The van der Waals surface area contributed by atoms with Crippen molar-refractivity contribution in [1.82, 2.24) is 15.4 Å².